The number of carbonyl (C=O) groups excluding carboxylic acids is 2. The van der Waals surface area contributed by atoms with E-state index in [1.807, 2.05) is 68.9 Å². The van der Waals surface area contributed by atoms with Crippen LogP contribution in [0.25, 0.3) is 21.7 Å². The number of methoxy groups -OCH3 is 1. The van der Waals surface area contributed by atoms with Crippen molar-refractivity contribution in [3.8, 4) is 45.0 Å². The number of nitrogens with two attached hydrogens (primary N) is 1. The van der Waals surface area contributed by atoms with Gasteiger partial charge in [0.05, 0.1) is 52.9 Å². The number of nitrogens with zero attached hydrogens (tertiary/aromatic N) is 9. The van der Waals surface area contributed by atoms with Crippen LogP contribution in [0.3, 0.4) is 0 Å². The predicted molar refractivity (Wildman–Crippen MR) is 294 cm³/mol. The lowest BCUT2D eigenvalue weighted by Gasteiger charge is -2.43. The molecule has 4 saturated heterocycles. The van der Waals surface area contributed by atoms with E-state index >= 15 is 0 Å². The van der Waals surface area contributed by atoms with Gasteiger partial charge in [-0.15, -0.1) is 21.5 Å². The monoisotopic (exact) mass is 1080 g/mol. The number of phenols is 1. The number of ether oxygens (including phenoxy) is 4. The molecular weight excluding hydrogens is 1010 g/mol. The lowest BCUT2D eigenvalue weighted by atomic mass is 9.91. The molecule has 8 heterocycles. The Balaban J connectivity index is 0.602. The van der Waals surface area contributed by atoms with E-state index in [0.29, 0.717) is 53.5 Å². The number of hydrogen-bond donors (Lipinski definition) is 4. The third kappa shape index (κ3) is 11.4. The van der Waals surface area contributed by atoms with Crippen molar-refractivity contribution < 1.29 is 43.3 Å². The summed E-state index contributed by atoms with van der Waals surface area (Å²) in [5.74, 6) is 0.852. The van der Waals surface area contributed by atoms with Crippen LogP contribution in [0.2, 0.25) is 0 Å². The number of anilines is 3. The fourth-order valence-electron chi connectivity index (χ4n) is 11.9. The number of β-amino-alcohol motifs (C(OH)–C–C–N with tert-alkyl or cyclic N) is 1. The molecule has 5 N–H and O–H groups in total. The first-order valence-electron chi connectivity index (χ1n) is 27.2. The predicted octanol–water partition coefficient (Wildman–Crippen LogP) is 6.60. The molecule has 1 aliphatic carbocycles. The van der Waals surface area contributed by atoms with E-state index < -0.39 is 18.1 Å². The van der Waals surface area contributed by atoms with Crippen LogP contribution in [-0.2, 0) is 20.9 Å². The molecule has 2 aromatic carbocycles. The molecule has 6 aromatic rings. The van der Waals surface area contributed by atoms with Crippen molar-refractivity contribution in [2.75, 3.05) is 68.5 Å². The first-order chi connectivity index (χ1) is 37.8. The van der Waals surface area contributed by atoms with Gasteiger partial charge in [0, 0.05) is 112 Å². The number of nitrogen functional groups attached to an aromatic ring is 1. The first kappa shape index (κ1) is 53.0. The van der Waals surface area contributed by atoms with E-state index in [0.717, 1.165) is 97.8 Å². The number of thiazole rings is 1. The van der Waals surface area contributed by atoms with Crippen LogP contribution in [0.15, 0.2) is 83.0 Å². The largest absolute Gasteiger partial charge is 0.507 e. The number of amides is 2. The summed E-state index contributed by atoms with van der Waals surface area (Å²) in [6, 6.07) is 20.4. The Morgan fingerprint density at radius 3 is 2.45 bits per heavy atom. The number of carbonyl (C=O) groups is 2. The number of piperidine rings is 1. The van der Waals surface area contributed by atoms with Crippen molar-refractivity contribution in [1.29, 1.82) is 0 Å². The zero-order valence-corrected chi connectivity index (χ0v) is 45.4. The first-order valence-corrected chi connectivity index (χ1v) is 28.1. The molecule has 2 unspecified atom stereocenters. The quantitative estimate of drug-likeness (QED) is 0.0668. The van der Waals surface area contributed by atoms with Gasteiger partial charge in [0.2, 0.25) is 17.7 Å². The molecule has 1 saturated carbocycles. The van der Waals surface area contributed by atoms with Crippen molar-refractivity contribution in [3.05, 3.63) is 95.5 Å². The van der Waals surface area contributed by atoms with Crippen molar-refractivity contribution in [1.82, 2.24) is 40.4 Å². The van der Waals surface area contributed by atoms with Crippen molar-refractivity contribution >= 4 is 40.3 Å². The number of aryl methyl sites for hydroxylation is 1. The molecule has 11 rings (SSSR count). The second kappa shape index (κ2) is 23.1. The van der Waals surface area contributed by atoms with Crippen LogP contribution in [0.1, 0.15) is 81.7 Å². The Bertz CT molecular complexity index is 3060. The van der Waals surface area contributed by atoms with Gasteiger partial charge in [0.25, 0.3) is 5.88 Å². The van der Waals surface area contributed by atoms with Crippen LogP contribution in [0, 0.1) is 12.8 Å². The number of aromatic nitrogens is 5. The van der Waals surface area contributed by atoms with Crippen molar-refractivity contribution in [2.45, 2.75) is 121 Å². The number of aromatic hydroxyl groups is 1. The Morgan fingerprint density at radius 2 is 1.71 bits per heavy atom. The average molecular weight is 1080 g/mol. The molecular formula is C57H69N11O9S. The molecule has 2 amide bonds. The van der Waals surface area contributed by atoms with Crippen LogP contribution in [0.5, 0.6) is 23.3 Å². The van der Waals surface area contributed by atoms with Gasteiger partial charge in [-0.25, -0.2) is 9.97 Å². The zero-order valence-electron chi connectivity index (χ0n) is 44.6. The summed E-state index contributed by atoms with van der Waals surface area (Å²) in [5, 5.41) is 36.9. The van der Waals surface area contributed by atoms with Gasteiger partial charge >= 0.3 is 0 Å². The zero-order chi connectivity index (χ0) is 54.0. The minimum atomic E-state index is -0.859. The molecule has 2 bridgehead atoms. The van der Waals surface area contributed by atoms with Gasteiger partial charge in [-0.3, -0.25) is 14.5 Å². The average Bonchev–Trinajstić information content (AvgIpc) is 4.36. The van der Waals surface area contributed by atoms with Crippen molar-refractivity contribution in [2.24, 2.45) is 5.92 Å². The molecule has 0 spiro atoms. The molecule has 0 radical (unpaired) electrons. The molecule has 5 fully saturated rings. The van der Waals surface area contributed by atoms with Gasteiger partial charge in [-0.2, -0.15) is 0 Å². The Hall–Kier alpha value is -7.07. The fraction of sp³-hybridized carbons (Fsp3) is 0.491. The highest BCUT2D eigenvalue weighted by Gasteiger charge is 2.44. The maximum absolute atomic E-state index is 14.2. The SMILES string of the molecule is COc1cc(-c2scnc2C)ccc1CNC(=O)[C@@H]1C[C@@H](O)CN1C(=O)[C@@H](c1cc(OCCN2CCC(OC3CC(Oc4cc(N5C6CCC5CN(c5cc(-c7ccccc7O)nnc5N)C6)ccn4)C3)CC2)no1)C(C)C. The number of para-hydroxylation sites is 1. The number of aliphatic hydroxyl groups is 1. The van der Waals surface area contributed by atoms with Gasteiger partial charge in [0.15, 0.2) is 11.6 Å². The number of fused-ring (bicyclic) bond motifs is 2. The van der Waals surface area contributed by atoms with E-state index in [-0.39, 0.29) is 73.4 Å². The molecule has 20 nitrogen and oxygen atoms in total. The molecule has 4 aliphatic heterocycles. The van der Waals surface area contributed by atoms with E-state index in [1.54, 1.807) is 36.6 Å². The fourth-order valence-corrected chi connectivity index (χ4v) is 12.7. The van der Waals surface area contributed by atoms with Crippen LogP contribution in [0.4, 0.5) is 17.2 Å². The number of rotatable bonds is 19. The van der Waals surface area contributed by atoms with E-state index in [1.165, 1.54) is 4.90 Å². The lowest BCUT2D eigenvalue weighted by Crippen LogP contribution is -2.54. The minimum absolute atomic E-state index is 0.0339. The lowest BCUT2D eigenvalue weighted by molar-refractivity contribution is -0.141. The maximum atomic E-state index is 14.2. The number of piperazine rings is 1. The Kier molecular flexibility index (Phi) is 15.7. The topological polar surface area (TPSA) is 240 Å². The smallest absolute Gasteiger partial charge is 0.254 e. The number of hydrogen-bond acceptors (Lipinski definition) is 19. The van der Waals surface area contributed by atoms with Crippen LogP contribution in [-0.4, -0.2) is 153 Å². The van der Waals surface area contributed by atoms with E-state index in [9.17, 15) is 19.8 Å². The summed E-state index contributed by atoms with van der Waals surface area (Å²) in [6.45, 7) is 10.5. The third-order valence-electron chi connectivity index (χ3n) is 16.1. The highest BCUT2D eigenvalue weighted by molar-refractivity contribution is 7.13. The summed E-state index contributed by atoms with van der Waals surface area (Å²) < 4.78 is 30.4. The van der Waals surface area contributed by atoms with Crippen molar-refractivity contribution in [3.63, 3.8) is 0 Å². The summed E-state index contributed by atoms with van der Waals surface area (Å²) in [4.78, 5) is 46.6. The maximum Gasteiger partial charge on any atom is 0.254 e. The van der Waals surface area contributed by atoms with Gasteiger partial charge in [-0.05, 0) is 79.6 Å². The minimum Gasteiger partial charge on any atom is -0.507 e. The Labute approximate surface area is 457 Å². The highest BCUT2D eigenvalue weighted by Crippen LogP contribution is 2.41. The van der Waals surface area contributed by atoms with Crippen LogP contribution < -0.4 is 35.1 Å². The number of aliphatic hydroxyl groups excluding tert-OH is 1. The van der Waals surface area contributed by atoms with E-state index in [2.05, 4.69) is 57.5 Å². The van der Waals surface area contributed by atoms with Crippen LogP contribution >= 0.6 is 11.3 Å². The normalized spacial score (nSPS) is 22.9. The summed E-state index contributed by atoms with van der Waals surface area (Å²) in [5.41, 5.74) is 14.1. The summed E-state index contributed by atoms with van der Waals surface area (Å²) in [7, 11) is 1.59. The highest BCUT2D eigenvalue weighted by atomic mass is 32.1. The Morgan fingerprint density at radius 1 is 0.910 bits per heavy atom. The molecule has 412 valence electrons. The molecule has 21 heteroatoms. The molecule has 4 aromatic heterocycles. The van der Waals surface area contributed by atoms with Gasteiger partial charge < -0.3 is 59.4 Å². The summed E-state index contributed by atoms with van der Waals surface area (Å²) >= 11 is 1.55. The van der Waals surface area contributed by atoms with E-state index in [4.69, 9.17) is 29.2 Å². The number of pyridine rings is 1. The molecule has 78 heavy (non-hydrogen) atoms. The van der Waals surface area contributed by atoms with Gasteiger partial charge in [-0.1, -0.05) is 38.1 Å². The molecule has 5 atom stereocenters. The standard InChI is InChI=1S/C57H69N11O9S/c1-33(2)53(57(72)67-31-40(69)23-47(67)56(71)60-28-36-10-9-35(21-49(36)73-4)54-34(3)61-32-78-54)50-27-52(64-77-50)74-20-19-65-17-14-41(15-18-65)75-42-24-43(25-42)76-51-22-37(13-16-59-51)68-38-11-12-39(68)30-66(29-38)46-26-45(62-63-55(46)58)44-7-5-6-8-48(44)70/h5-10,13,16,21-22,26-27,32-33,38-43,47,53,69-70H,11-12,14-15,17-20,23-25,28-31H2,1-4H3,(H2,58,63)(H,60,71)/t38?,39?,40-,42?,43?,47+,53-/m1/s1. The number of likely N-dealkylation sites (tertiary alicyclic amines) is 2. The number of phenolic OH excluding ortho intramolecular Hbond substituents is 1. The number of benzene rings is 2. The second-order valence-electron chi connectivity index (χ2n) is 21.6. The van der Waals surface area contributed by atoms with Gasteiger partial charge in [0.1, 0.15) is 36.2 Å². The second-order valence-corrected chi connectivity index (χ2v) is 22.5. The number of nitrogens with one attached hydrogen (secondary N) is 1. The molecule has 5 aliphatic rings. The third-order valence-corrected chi connectivity index (χ3v) is 17.1. The summed E-state index contributed by atoms with van der Waals surface area (Å²) in [6.07, 6.45) is 7.15.